The van der Waals surface area contributed by atoms with Crippen LogP contribution in [0.15, 0.2) is 0 Å². The van der Waals surface area contributed by atoms with Crippen molar-refractivity contribution in [2.75, 3.05) is 0 Å². The molecule has 0 heterocycles. The van der Waals surface area contributed by atoms with Gasteiger partial charge in [-0.15, -0.1) is 0 Å². The summed E-state index contributed by atoms with van der Waals surface area (Å²) in [5, 5.41) is 12.5. The first-order valence-electron chi connectivity index (χ1n) is 6.42. The van der Waals surface area contributed by atoms with Crippen molar-refractivity contribution in [1.82, 2.24) is 5.32 Å². The molecule has 3 nitrogen and oxygen atoms in total. The number of aliphatic carboxylic acids is 1. The van der Waals surface area contributed by atoms with Gasteiger partial charge in [-0.1, -0.05) is 34.1 Å². The average molecular weight is 227 g/mol. The highest BCUT2D eigenvalue weighted by Crippen LogP contribution is 2.29. The van der Waals surface area contributed by atoms with Gasteiger partial charge in [0.15, 0.2) is 0 Å². The van der Waals surface area contributed by atoms with E-state index in [0.717, 1.165) is 0 Å². The number of carboxylic acids is 1. The molecule has 0 aliphatic heterocycles. The van der Waals surface area contributed by atoms with Crippen molar-refractivity contribution < 1.29 is 9.90 Å². The normalized spacial score (nSPS) is 32.7. The van der Waals surface area contributed by atoms with Gasteiger partial charge in [-0.3, -0.25) is 4.79 Å². The number of nitrogens with one attached hydrogen (secondary N) is 1. The van der Waals surface area contributed by atoms with Crippen LogP contribution in [0.1, 0.15) is 47.0 Å². The van der Waals surface area contributed by atoms with Crippen molar-refractivity contribution in [3.05, 3.63) is 0 Å². The Balaban J connectivity index is 2.65. The Morgan fingerprint density at radius 3 is 2.12 bits per heavy atom. The van der Waals surface area contributed by atoms with Gasteiger partial charge in [0.25, 0.3) is 0 Å². The second-order valence-corrected chi connectivity index (χ2v) is 5.64. The van der Waals surface area contributed by atoms with Gasteiger partial charge in [0.2, 0.25) is 0 Å². The Kier molecular flexibility index (Phi) is 4.78. The van der Waals surface area contributed by atoms with Crippen LogP contribution in [-0.2, 0) is 4.79 Å². The summed E-state index contributed by atoms with van der Waals surface area (Å²) in [5.74, 6) is 0.590. The summed E-state index contributed by atoms with van der Waals surface area (Å²) in [7, 11) is 0. The van der Waals surface area contributed by atoms with Crippen LogP contribution in [0.5, 0.6) is 0 Å². The molecule has 3 heteroatoms. The summed E-state index contributed by atoms with van der Waals surface area (Å²) < 4.78 is 0. The predicted octanol–water partition coefficient (Wildman–Crippen LogP) is 2.51. The Morgan fingerprint density at radius 2 is 1.75 bits per heavy atom. The zero-order chi connectivity index (χ0) is 12.3. The van der Waals surface area contributed by atoms with Crippen LogP contribution in [0.3, 0.4) is 0 Å². The molecule has 1 aliphatic rings. The summed E-state index contributed by atoms with van der Waals surface area (Å²) in [4.78, 5) is 11.2. The molecule has 1 aliphatic carbocycles. The average Bonchev–Trinajstić information content (AvgIpc) is 2.15. The van der Waals surface area contributed by atoms with Crippen LogP contribution in [-0.4, -0.2) is 23.2 Å². The largest absolute Gasteiger partial charge is 0.480 e. The molecule has 0 radical (unpaired) electrons. The van der Waals surface area contributed by atoms with E-state index in [0.29, 0.717) is 17.9 Å². The molecule has 0 aromatic rings. The van der Waals surface area contributed by atoms with E-state index in [-0.39, 0.29) is 5.92 Å². The van der Waals surface area contributed by atoms with Gasteiger partial charge in [0.05, 0.1) is 0 Å². The van der Waals surface area contributed by atoms with Crippen LogP contribution in [0.25, 0.3) is 0 Å². The van der Waals surface area contributed by atoms with Gasteiger partial charge in [0, 0.05) is 6.04 Å². The van der Waals surface area contributed by atoms with E-state index in [1.807, 2.05) is 13.8 Å². The highest BCUT2D eigenvalue weighted by Gasteiger charge is 2.32. The third-order valence-corrected chi connectivity index (χ3v) is 3.85. The number of carbonyl (C=O) groups is 1. The lowest BCUT2D eigenvalue weighted by atomic mass is 9.78. The molecule has 3 atom stereocenters. The summed E-state index contributed by atoms with van der Waals surface area (Å²) in [5.41, 5.74) is 0. The van der Waals surface area contributed by atoms with E-state index in [2.05, 4.69) is 19.2 Å². The van der Waals surface area contributed by atoms with Crippen LogP contribution >= 0.6 is 0 Å². The number of hydrogen-bond acceptors (Lipinski definition) is 2. The molecule has 3 unspecified atom stereocenters. The zero-order valence-corrected chi connectivity index (χ0v) is 10.9. The van der Waals surface area contributed by atoms with Crippen molar-refractivity contribution in [3.8, 4) is 0 Å². The summed E-state index contributed by atoms with van der Waals surface area (Å²) in [6, 6.07) is -0.0507. The van der Waals surface area contributed by atoms with Crippen molar-refractivity contribution in [3.63, 3.8) is 0 Å². The summed E-state index contributed by atoms with van der Waals surface area (Å²) in [6.07, 6.45) is 3.71. The number of carboxylic acid groups (broad SMARTS) is 1. The fourth-order valence-electron chi connectivity index (χ4n) is 2.77. The molecule has 0 spiro atoms. The first-order chi connectivity index (χ1) is 7.43. The lowest BCUT2D eigenvalue weighted by molar-refractivity contribution is -0.141. The van der Waals surface area contributed by atoms with E-state index in [1.54, 1.807) is 0 Å². The molecule has 0 aromatic carbocycles. The summed E-state index contributed by atoms with van der Waals surface area (Å²) in [6.45, 7) is 8.38. The van der Waals surface area contributed by atoms with Crippen molar-refractivity contribution >= 4 is 5.97 Å². The Hall–Kier alpha value is -0.570. The van der Waals surface area contributed by atoms with E-state index < -0.39 is 12.0 Å². The SMILES string of the molecule is CC(C)C(NC1C(C)CCCC1C)C(=O)O. The maximum absolute atomic E-state index is 11.2. The fraction of sp³-hybridized carbons (Fsp3) is 0.923. The Bertz CT molecular complexity index is 230. The van der Waals surface area contributed by atoms with Crippen LogP contribution in [0.4, 0.5) is 0 Å². The minimum Gasteiger partial charge on any atom is -0.480 e. The summed E-state index contributed by atoms with van der Waals surface area (Å²) >= 11 is 0. The molecule has 0 aromatic heterocycles. The fourth-order valence-corrected chi connectivity index (χ4v) is 2.77. The minimum atomic E-state index is -0.722. The first kappa shape index (κ1) is 13.5. The molecule has 0 bridgehead atoms. The van der Waals surface area contributed by atoms with Crippen LogP contribution in [0.2, 0.25) is 0 Å². The molecule has 1 saturated carbocycles. The molecule has 1 rings (SSSR count). The molecule has 2 N–H and O–H groups in total. The van der Waals surface area contributed by atoms with Gasteiger partial charge in [0.1, 0.15) is 6.04 Å². The quantitative estimate of drug-likeness (QED) is 0.776. The smallest absolute Gasteiger partial charge is 0.320 e. The molecular weight excluding hydrogens is 202 g/mol. The monoisotopic (exact) mass is 227 g/mol. The Labute approximate surface area is 98.6 Å². The molecule has 0 saturated heterocycles. The van der Waals surface area contributed by atoms with Gasteiger partial charge >= 0.3 is 5.97 Å². The third-order valence-electron chi connectivity index (χ3n) is 3.85. The number of hydrogen-bond donors (Lipinski definition) is 2. The standard InChI is InChI=1S/C13H25NO2/c1-8(2)11(13(15)16)14-12-9(3)6-5-7-10(12)4/h8-12,14H,5-7H2,1-4H3,(H,15,16). The maximum atomic E-state index is 11.2. The molecule has 1 fully saturated rings. The van der Waals surface area contributed by atoms with Crippen LogP contribution < -0.4 is 5.32 Å². The second-order valence-electron chi connectivity index (χ2n) is 5.64. The van der Waals surface area contributed by atoms with E-state index in [1.165, 1.54) is 19.3 Å². The van der Waals surface area contributed by atoms with Crippen molar-refractivity contribution in [1.29, 1.82) is 0 Å². The van der Waals surface area contributed by atoms with Gasteiger partial charge in [-0.05, 0) is 30.6 Å². The topological polar surface area (TPSA) is 49.3 Å². The first-order valence-corrected chi connectivity index (χ1v) is 6.42. The minimum absolute atomic E-state index is 0.138. The zero-order valence-electron chi connectivity index (χ0n) is 10.9. The van der Waals surface area contributed by atoms with Crippen molar-refractivity contribution in [2.24, 2.45) is 17.8 Å². The van der Waals surface area contributed by atoms with E-state index in [9.17, 15) is 9.90 Å². The third kappa shape index (κ3) is 3.21. The number of rotatable bonds is 4. The predicted molar refractivity (Wildman–Crippen MR) is 65.4 cm³/mol. The molecule has 0 amide bonds. The lowest BCUT2D eigenvalue weighted by Gasteiger charge is -2.37. The molecule has 94 valence electrons. The van der Waals surface area contributed by atoms with Crippen molar-refractivity contribution in [2.45, 2.75) is 59.0 Å². The maximum Gasteiger partial charge on any atom is 0.320 e. The lowest BCUT2D eigenvalue weighted by Crippen LogP contribution is -2.52. The van der Waals surface area contributed by atoms with E-state index in [4.69, 9.17) is 0 Å². The van der Waals surface area contributed by atoms with E-state index >= 15 is 0 Å². The molecular formula is C13H25NO2. The Morgan fingerprint density at radius 1 is 1.25 bits per heavy atom. The van der Waals surface area contributed by atoms with Crippen LogP contribution in [0, 0.1) is 17.8 Å². The van der Waals surface area contributed by atoms with Gasteiger partial charge in [-0.2, -0.15) is 0 Å². The van der Waals surface area contributed by atoms with Gasteiger partial charge in [-0.25, -0.2) is 0 Å². The highest BCUT2D eigenvalue weighted by atomic mass is 16.4. The highest BCUT2D eigenvalue weighted by molar-refractivity contribution is 5.73. The van der Waals surface area contributed by atoms with Gasteiger partial charge < -0.3 is 10.4 Å². The second kappa shape index (κ2) is 5.67. The molecule has 16 heavy (non-hydrogen) atoms.